The lowest BCUT2D eigenvalue weighted by Gasteiger charge is -2.01. The number of hydrogen-bond acceptors (Lipinski definition) is 2. The molecule has 134 valence electrons. The third-order valence-corrected chi connectivity index (χ3v) is 4.16. The Morgan fingerprint density at radius 2 is 1.85 bits per heavy atom. The maximum Gasteiger partial charge on any atom is 0.282 e. The monoisotopic (exact) mass is 431 g/mol. The largest absolute Gasteiger partial charge is 1.00 e. The minimum Gasteiger partial charge on any atom is -1.00 e. The maximum atomic E-state index is 12.5. The number of carbonyl (C=O) groups is 1. The van der Waals surface area contributed by atoms with Crippen LogP contribution in [-0.2, 0) is 13.0 Å². The number of benzene rings is 2. The van der Waals surface area contributed by atoms with Crippen molar-refractivity contribution in [1.82, 2.24) is 4.68 Å². The molecule has 0 aliphatic rings. The van der Waals surface area contributed by atoms with E-state index in [1.807, 2.05) is 65.1 Å². The van der Waals surface area contributed by atoms with Crippen LogP contribution in [0.5, 0.6) is 0 Å². The second-order valence-electron chi connectivity index (χ2n) is 5.63. The highest BCUT2D eigenvalue weighted by molar-refractivity contribution is 6.30. The van der Waals surface area contributed by atoms with Crippen LogP contribution < -0.4 is 21.5 Å². The molecule has 0 unspecified atom stereocenters. The lowest BCUT2D eigenvalue weighted by atomic mass is 10.1. The van der Waals surface area contributed by atoms with Crippen molar-refractivity contribution in [1.29, 1.82) is 0 Å². The van der Waals surface area contributed by atoms with Crippen molar-refractivity contribution >= 4 is 23.6 Å². The average molecular weight is 433 g/mol. The average Bonchev–Trinajstić information content (AvgIpc) is 3.03. The van der Waals surface area contributed by atoms with E-state index in [4.69, 9.17) is 11.6 Å². The molecule has 0 spiro atoms. The predicted molar refractivity (Wildman–Crippen MR) is 99.2 cm³/mol. The zero-order valence-electron chi connectivity index (χ0n) is 14.3. The number of hydrogen-bond donors (Lipinski definition) is 0. The Bertz CT molecular complexity index is 889. The Morgan fingerprint density at radius 3 is 2.50 bits per heavy atom. The number of imidazole rings is 1. The molecule has 0 bridgehead atoms. The van der Waals surface area contributed by atoms with Gasteiger partial charge in [-0.25, -0.2) is 4.57 Å². The van der Waals surface area contributed by atoms with Crippen molar-refractivity contribution < 1.29 is 26.3 Å². The summed E-state index contributed by atoms with van der Waals surface area (Å²) in [6.07, 6.45) is 6.33. The first-order valence-electron chi connectivity index (χ1n) is 8.15. The molecule has 26 heavy (non-hydrogen) atoms. The van der Waals surface area contributed by atoms with E-state index in [9.17, 15) is 4.79 Å². The van der Waals surface area contributed by atoms with E-state index in [0.29, 0.717) is 10.6 Å². The number of nitrogens with zero attached hydrogens (tertiary/aromatic N) is 3. The van der Waals surface area contributed by atoms with Gasteiger partial charge in [0.15, 0.2) is 12.7 Å². The Labute approximate surface area is 168 Å². The molecule has 1 aromatic heterocycles. The topological polar surface area (TPSA) is 38.2 Å². The van der Waals surface area contributed by atoms with Gasteiger partial charge in [0, 0.05) is 17.0 Å². The third-order valence-electron chi connectivity index (χ3n) is 3.91. The second kappa shape index (κ2) is 9.46. The van der Waals surface area contributed by atoms with Crippen molar-refractivity contribution in [3.8, 4) is 0 Å². The van der Waals surface area contributed by atoms with Crippen LogP contribution in [0.3, 0.4) is 0 Å². The quantitative estimate of drug-likeness (QED) is 0.322. The van der Waals surface area contributed by atoms with E-state index in [1.54, 1.807) is 24.3 Å². The molecule has 0 aliphatic carbocycles. The van der Waals surface area contributed by atoms with Crippen LogP contribution in [0, 0.1) is 0 Å². The molecule has 2 aromatic carbocycles. The normalized spacial score (nSPS) is 10.7. The van der Waals surface area contributed by atoms with Crippen LogP contribution in [0.2, 0.25) is 5.02 Å². The minimum atomic E-state index is 0. The van der Waals surface area contributed by atoms with Crippen molar-refractivity contribution in [2.45, 2.75) is 19.9 Å². The molecular formula is C20H19BrClN3O. The summed E-state index contributed by atoms with van der Waals surface area (Å²) in [6, 6.07) is 16.9. The molecule has 0 radical (unpaired) electrons. The van der Waals surface area contributed by atoms with Crippen molar-refractivity contribution in [2.24, 2.45) is 5.10 Å². The zero-order chi connectivity index (χ0) is 17.6. The van der Waals surface area contributed by atoms with Crippen LogP contribution in [0.1, 0.15) is 28.7 Å². The number of carbonyl (C=O) groups excluding carboxylic acids is 1. The summed E-state index contributed by atoms with van der Waals surface area (Å²) < 4.78 is 3.74. The standard InChI is InChI=1S/C20H19ClN3O.BrH/c1-2-20-23(15-19(25)17-8-10-18(21)11-9-17)12-13-24(20)22-14-16-6-4-3-5-7-16;/h3-14H,2,15H2,1H3;1H/q+1;/p-1. The fraction of sp³-hybridized carbons (Fsp3) is 0.150. The van der Waals surface area contributed by atoms with E-state index in [2.05, 4.69) is 5.10 Å². The van der Waals surface area contributed by atoms with E-state index < -0.39 is 0 Å². The van der Waals surface area contributed by atoms with Gasteiger partial charge in [-0.2, -0.15) is 0 Å². The summed E-state index contributed by atoms with van der Waals surface area (Å²) in [5.74, 6) is 1.01. The first-order valence-corrected chi connectivity index (χ1v) is 8.53. The highest BCUT2D eigenvalue weighted by Crippen LogP contribution is 2.10. The van der Waals surface area contributed by atoms with Crippen LogP contribution in [-0.4, -0.2) is 16.7 Å². The third kappa shape index (κ3) is 4.90. The first kappa shape index (κ1) is 20.1. The van der Waals surface area contributed by atoms with Crippen LogP contribution in [0.25, 0.3) is 0 Å². The van der Waals surface area contributed by atoms with Crippen molar-refractivity contribution in [2.75, 3.05) is 0 Å². The summed E-state index contributed by atoms with van der Waals surface area (Å²) in [5.41, 5.74) is 1.68. The van der Waals surface area contributed by atoms with Gasteiger partial charge in [0.05, 0.1) is 6.21 Å². The van der Waals surface area contributed by atoms with Crippen LogP contribution in [0.4, 0.5) is 0 Å². The summed E-state index contributed by atoms with van der Waals surface area (Å²) >= 11 is 5.88. The molecular weight excluding hydrogens is 414 g/mol. The predicted octanol–water partition coefficient (Wildman–Crippen LogP) is 0.760. The van der Waals surface area contributed by atoms with Gasteiger partial charge in [-0.3, -0.25) is 4.79 Å². The smallest absolute Gasteiger partial charge is 0.282 e. The molecule has 0 saturated heterocycles. The molecule has 4 nitrogen and oxygen atoms in total. The summed E-state index contributed by atoms with van der Waals surface area (Å²) in [6.45, 7) is 2.33. The van der Waals surface area contributed by atoms with Gasteiger partial charge in [0.25, 0.3) is 5.82 Å². The van der Waals surface area contributed by atoms with Crippen molar-refractivity contribution in [3.05, 3.63) is 89.0 Å². The SMILES string of the molecule is CCc1n(N=Cc2ccccc2)cc[n+]1CC(=O)c1ccc(Cl)cc1.[Br-]. The lowest BCUT2D eigenvalue weighted by Crippen LogP contribution is -3.00. The molecule has 1 heterocycles. The van der Waals surface area contributed by atoms with Gasteiger partial charge in [-0.1, -0.05) is 54.0 Å². The van der Waals surface area contributed by atoms with Gasteiger partial charge in [-0.05, 0) is 29.8 Å². The fourth-order valence-corrected chi connectivity index (χ4v) is 2.74. The number of Topliss-reactive ketones (excluding diaryl/α,β-unsaturated/α-hetero) is 1. The molecule has 0 fully saturated rings. The van der Waals surface area contributed by atoms with E-state index in [-0.39, 0.29) is 29.3 Å². The van der Waals surface area contributed by atoms with Gasteiger partial charge in [-0.15, -0.1) is 4.68 Å². The minimum absolute atomic E-state index is 0. The van der Waals surface area contributed by atoms with E-state index >= 15 is 0 Å². The first-order chi connectivity index (χ1) is 12.2. The Hall–Kier alpha value is -2.24. The number of rotatable bonds is 6. The number of halogens is 2. The highest BCUT2D eigenvalue weighted by Gasteiger charge is 2.18. The van der Waals surface area contributed by atoms with Gasteiger partial charge >= 0.3 is 0 Å². The van der Waals surface area contributed by atoms with Crippen LogP contribution in [0.15, 0.2) is 72.1 Å². The Morgan fingerprint density at radius 1 is 1.15 bits per heavy atom. The van der Waals surface area contributed by atoms with Gasteiger partial charge < -0.3 is 17.0 Å². The molecule has 0 aliphatic heterocycles. The Kier molecular flexibility index (Phi) is 7.30. The van der Waals surface area contributed by atoms with Gasteiger partial charge in [0.2, 0.25) is 5.78 Å². The maximum absolute atomic E-state index is 12.5. The van der Waals surface area contributed by atoms with Crippen molar-refractivity contribution in [3.63, 3.8) is 0 Å². The molecule has 0 atom stereocenters. The molecule has 0 amide bonds. The second-order valence-corrected chi connectivity index (χ2v) is 6.06. The number of aromatic nitrogens is 2. The summed E-state index contributed by atoms with van der Waals surface area (Å²) in [5, 5.41) is 5.13. The lowest BCUT2D eigenvalue weighted by molar-refractivity contribution is -0.690. The molecule has 0 N–H and O–H groups in total. The molecule has 6 heteroatoms. The van der Waals surface area contributed by atoms with E-state index in [1.165, 1.54) is 0 Å². The number of ketones is 1. The molecule has 3 aromatic rings. The molecule has 0 saturated carbocycles. The summed E-state index contributed by atoms with van der Waals surface area (Å²) in [4.78, 5) is 12.5. The zero-order valence-corrected chi connectivity index (χ0v) is 16.7. The van der Waals surface area contributed by atoms with Crippen LogP contribution >= 0.6 is 11.6 Å². The summed E-state index contributed by atoms with van der Waals surface area (Å²) in [7, 11) is 0. The highest BCUT2D eigenvalue weighted by atomic mass is 79.9. The fourth-order valence-electron chi connectivity index (χ4n) is 2.61. The Balaban J connectivity index is 0.00000243. The molecule has 3 rings (SSSR count). The van der Waals surface area contributed by atoms with Gasteiger partial charge in [0.1, 0.15) is 6.20 Å². The van der Waals surface area contributed by atoms with E-state index in [0.717, 1.165) is 17.8 Å².